The second-order valence-corrected chi connectivity index (χ2v) is 4.84. The summed E-state index contributed by atoms with van der Waals surface area (Å²) in [6.07, 6.45) is 0. The van der Waals surface area contributed by atoms with Crippen LogP contribution in [0.4, 0.5) is 0 Å². The molecule has 0 heterocycles. The number of carbonyl (C=O) groups is 1. The molecule has 3 nitrogen and oxygen atoms in total. The van der Waals surface area contributed by atoms with Gasteiger partial charge in [0.15, 0.2) is 0 Å². The zero-order valence-corrected chi connectivity index (χ0v) is 10.1. The number of hydrogen-bond donors (Lipinski definition) is 1. The number of Topliss-reactive ketones (excluding diaryl/α,β-unsaturated/α-hetero) is 1. The van der Waals surface area contributed by atoms with E-state index in [2.05, 4.69) is 25.9 Å². The lowest BCUT2D eigenvalue weighted by Crippen LogP contribution is -2.13. The van der Waals surface area contributed by atoms with Gasteiger partial charge in [0.05, 0.1) is 0 Å². The lowest BCUT2D eigenvalue weighted by atomic mass is 9.86. The quantitative estimate of drug-likeness (QED) is 0.360. The molecule has 0 bridgehead atoms. The van der Waals surface area contributed by atoms with Gasteiger partial charge in [-0.1, -0.05) is 50.2 Å². The molecule has 0 aliphatic carbocycles. The van der Waals surface area contributed by atoms with E-state index >= 15 is 0 Å². The van der Waals surface area contributed by atoms with Gasteiger partial charge in [0.2, 0.25) is 5.78 Å². The van der Waals surface area contributed by atoms with Crippen molar-refractivity contribution in [3.8, 4) is 0 Å². The first kappa shape index (κ1) is 12.4. The fourth-order valence-corrected chi connectivity index (χ4v) is 1.38. The second kappa shape index (κ2) is 4.47. The number of carbonyl (C=O) groups excluding carboxylic acids is 1. The van der Waals surface area contributed by atoms with Crippen molar-refractivity contribution in [1.29, 1.82) is 0 Å². The topological polar surface area (TPSA) is 49.7 Å². The van der Waals surface area contributed by atoms with E-state index in [0.717, 1.165) is 0 Å². The van der Waals surface area contributed by atoms with Crippen LogP contribution in [-0.4, -0.2) is 16.7 Å². The van der Waals surface area contributed by atoms with Gasteiger partial charge in [-0.3, -0.25) is 4.79 Å². The highest BCUT2D eigenvalue weighted by atomic mass is 16.4. The molecule has 0 spiro atoms. The van der Waals surface area contributed by atoms with Crippen molar-refractivity contribution in [2.24, 2.45) is 5.16 Å². The average Bonchev–Trinajstić information content (AvgIpc) is 2.26. The van der Waals surface area contributed by atoms with Crippen molar-refractivity contribution in [3.63, 3.8) is 0 Å². The van der Waals surface area contributed by atoms with Gasteiger partial charge in [-0.15, -0.1) is 0 Å². The summed E-state index contributed by atoms with van der Waals surface area (Å²) >= 11 is 0. The van der Waals surface area contributed by atoms with Gasteiger partial charge < -0.3 is 5.21 Å². The number of benzene rings is 1. The van der Waals surface area contributed by atoms with Crippen LogP contribution in [0, 0.1) is 0 Å². The number of ketones is 1. The van der Waals surface area contributed by atoms with Crippen LogP contribution in [0.5, 0.6) is 0 Å². The fourth-order valence-electron chi connectivity index (χ4n) is 1.38. The van der Waals surface area contributed by atoms with Gasteiger partial charge in [0.1, 0.15) is 5.71 Å². The lowest BCUT2D eigenvalue weighted by molar-refractivity contribution is 0.106. The molecule has 0 aliphatic rings. The van der Waals surface area contributed by atoms with Gasteiger partial charge >= 0.3 is 0 Å². The van der Waals surface area contributed by atoms with E-state index in [9.17, 15) is 4.79 Å². The van der Waals surface area contributed by atoms with E-state index in [1.165, 1.54) is 12.5 Å². The molecule has 0 saturated heterocycles. The third kappa shape index (κ3) is 2.69. The van der Waals surface area contributed by atoms with E-state index in [4.69, 9.17) is 5.21 Å². The van der Waals surface area contributed by atoms with E-state index in [-0.39, 0.29) is 16.9 Å². The van der Waals surface area contributed by atoms with Crippen LogP contribution >= 0.6 is 0 Å². The lowest BCUT2D eigenvalue weighted by Gasteiger charge is -2.18. The Balaban J connectivity index is 3.01. The van der Waals surface area contributed by atoms with E-state index < -0.39 is 0 Å². The van der Waals surface area contributed by atoms with Crippen LogP contribution in [0.3, 0.4) is 0 Å². The summed E-state index contributed by atoms with van der Waals surface area (Å²) in [5.41, 5.74) is 1.89. The van der Waals surface area contributed by atoms with Crippen molar-refractivity contribution < 1.29 is 10.0 Å². The average molecular weight is 219 g/mol. The Hall–Kier alpha value is -1.64. The molecule has 1 N–H and O–H groups in total. The Bertz CT molecular complexity index is 411. The molecule has 0 aliphatic heterocycles. The number of hydrogen-bond acceptors (Lipinski definition) is 3. The van der Waals surface area contributed by atoms with Crippen LogP contribution in [0.2, 0.25) is 0 Å². The summed E-state index contributed by atoms with van der Waals surface area (Å²) in [5.74, 6) is -0.247. The molecule has 0 radical (unpaired) electrons. The summed E-state index contributed by atoms with van der Waals surface area (Å²) in [6, 6.07) is 7.38. The van der Waals surface area contributed by atoms with E-state index in [1.54, 1.807) is 12.1 Å². The SMILES string of the molecule is CC(=NO)C(=O)c1ccc(C(C)(C)C)cc1. The zero-order valence-electron chi connectivity index (χ0n) is 10.1. The monoisotopic (exact) mass is 219 g/mol. The predicted molar refractivity (Wildman–Crippen MR) is 64.4 cm³/mol. The Morgan fingerprint density at radius 2 is 1.69 bits per heavy atom. The van der Waals surface area contributed by atoms with Crippen LogP contribution < -0.4 is 0 Å². The van der Waals surface area contributed by atoms with Gasteiger partial charge in [0, 0.05) is 5.56 Å². The molecule has 1 aromatic rings. The van der Waals surface area contributed by atoms with Gasteiger partial charge in [-0.25, -0.2) is 0 Å². The summed E-state index contributed by atoms with van der Waals surface area (Å²) in [4.78, 5) is 11.6. The Morgan fingerprint density at radius 1 is 1.19 bits per heavy atom. The van der Waals surface area contributed by atoms with Gasteiger partial charge in [-0.2, -0.15) is 0 Å². The van der Waals surface area contributed by atoms with Crippen molar-refractivity contribution in [2.75, 3.05) is 0 Å². The zero-order chi connectivity index (χ0) is 12.3. The summed E-state index contributed by atoms with van der Waals surface area (Å²) < 4.78 is 0. The van der Waals surface area contributed by atoms with E-state index in [1.807, 2.05) is 12.1 Å². The normalized spacial score (nSPS) is 12.6. The molecule has 0 saturated carbocycles. The molecule has 3 heteroatoms. The molecule has 86 valence electrons. The minimum Gasteiger partial charge on any atom is -0.411 e. The third-order valence-electron chi connectivity index (χ3n) is 2.49. The molecule has 0 atom stereocenters. The third-order valence-corrected chi connectivity index (χ3v) is 2.49. The van der Waals surface area contributed by atoms with Crippen molar-refractivity contribution >= 4 is 11.5 Å². The van der Waals surface area contributed by atoms with Gasteiger partial charge in [-0.05, 0) is 17.9 Å². The molecule has 0 fully saturated rings. The van der Waals surface area contributed by atoms with E-state index in [0.29, 0.717) is 5.56 Å². The highest BCUT2D eigenvalue weighted by molar-refractivity contribution is 6.45. The minimum atomic E-state index is -0.247. The smallest absolute Gasteiger partial charge is 0.210 e. The molecular weight excluding hydrogens is 202 g/mol. The summed E-state index contributed by atoms with van der Waals surface area (Å²) in [6.45, 7) is 7.83. The first-order valence-electron chi connectivity index (χ1n) is 5.20. The maximum atomic E-state index is 11.6. The Labute approximate surface area is 95.8 Å². The molecule has 0 unspecified atom stereocenters. The van der Waals surface area contributed by atoms with Crippen LogP contribution in [-0.2, 0) is 5.41 Å². The number of oxime groups is 1. The van der Waals surface area contributed by atoms with Crippen molar-refractivity contribution in [2.45, 2.75) is 33.1 Å². The Kier molecular flexibility index (Phi) is 3.48. The number of rotatable bonds is 2. The highest BCUT2D eigenvalue weighted by Crippen LogP contribution is 2.22. The predicted octanol–water partition coefficient (Wildman–Crippen LogP) is 3.02. The van der Waals surface area contributed by atoms with Crippen LogP contribution in [0.1, 0.15) is 43.6 Å². The molecule has 0 aromatic heterocycles. The largest absolute Gasteiger partial charge is 0.411 e. The van der Waals surface area contributed by atoms with Crippen molar-refractivity contribution in [1.82, 2.24) is 0 Å². The molecule has 0 amide bonds. The first-order valence-corrected chi connectivity index (χ1v) is 5.20. The molecule has 1 aromatic carbocycles. The highest BCUT2D eigenvalue weighted by Gasteiger charge is 2.15. The second-order valence-electron chi connectivity index (χ2n) is 4.84. The number of nitrogens with zero attached hydrogens (tertiary/aromatic N) is 1. The van der Waals surface area contributed by atoms with Crippen LogP contribution in [0.15, 0.2) is 29.4 Å². The summed E-state index contributed by atoms with van der Waals surface area (Å²) in [5, 5.41) is 11.4. The standard InChI is InChI=1S/C13H17NO2/c1-9(14-16)12(15)10-5-7-11(8-6-10)13(2,3)4/h5-8,16H,1-4H3. The first-order chi connectivity index (χ1) is 7.36. The van der Waals surface area contributed by atoms with Crippen LogP contribution in [0.25, 0.3) is 0 Å². The Morgan fingerprint density at radius 3 is 2.06 bits per heavy atom. The van der Waals surface area contributed by atoms with Gasteiger partial charge in [0.25, 0.3) is 0 Å². The molecule has 16 heavy (non-hydrogen) atoms. The van der Waals surface area contributed by atoms with Crippen molar-refractivity contribution in [3.05, 3.63) is 35.4 Å². The maximum absolute atomic E-state index is 11.6. The maximum Gasteiger partial charge on any atom is 0.210 e. The minimum absolute atomic E-state index is 0.0711. The molecular formula is C13H17NO2. The fraction of sp³-hybridized carbons (Fsp3) is 0.385. The summed E-state index contributed by atoms with van der Waals surface area (Å²) in [7, 11) is 0. The molecule has 1 rings (SSSR count).